The molecular formula is C11H17N3O4S. The lowest BCUT2D eigenvalue weighted by Gasteiger charge is -2.20. The van der Waals surface area contributed by atoms with Gasteiger partial charge in [0.25, 0.3) is 10.2 Å². The third-order valence-electron chi connectivity index (χ3n) is 1.95. The van der Waals surface area contributed by atoms with Crippen LogP contribution in [0.2, 0.25) is 0 Å². The van der Waals surface area contributed by atoms with E-state index in [1.165, 1.54) is 18.3 Å². The molecular weight excluding hydrogens is 270 g/mol. The van der Waals surface area contributed by atoms with Crippen LogP contribution in [-0.4, -0.2) is 30.0 Å². The van der Waals surface area contributed by atoms with E-state index >= 15 is 0 Å². The molecule has 0 fully saturated rings. The maximum absolute atomic E-state index is 11.7. The topological polar surface area (TPSA) is 108 Å². The molecule has 0 bridgehead atoms. The number of hydrogen-bond acceptors (Lipinski definition) is 4. The van der Waals surface area contributed by atoms with E-state index < -0.39 is 21.7 Å². The summed E-state index contributed by atoms with van der Waals surface area (Å²) >= 11 is 0. The Hall–Kier alpha value is -1.51. The van der Waals surface area contributed by atoms with Crippen LogP contribution in [-0.2, 0) is 16.8 Å². The highest BCUT2D eigenvalue weighted by Crippen LogP contribution is 2.04. The fourth-order valence-corrected chi connectivity index (χ4v) is 2.53. The average Bonchev–Trinajstić information content (AvgIpc) is 2.24. The largest absolute Gasteiger partial charge is 0.478 e. The molecule has 0 radical (unpaired) electrons. The van der Waals surface area contributed by atoms with E-state index in [-0.39, 0.29) is 12.1 Å². The number of rotatable bonds is 5. The van der Waals surface area contributed by atoms with Gasteiger partial charge in [-0.15, -0.1) is 0 Å². The minimum atomic E-state index is -3.66. The van der Waals surface area contributed by atoms with Crippen molar-refractivity contribution in [2.45, 2.75) is 32.9 Å². The zero-order valence-electron chi connectivity index (χ0n) is 11.0. The minimum Gasteiger partial charge on any atom is -0.478 e. The zero-order valence-corrected chi connectivity index (χ0v) is 11.8. The van der Waals surface area contributed by atoms with Gasteiger partial charge in [0.1, 0.15) is 0 Å². The Morgan fingerprint density at radius 2 is 2.05 bits per heavy atom. The second-order valence-corrected chi connectivity index (χ2v) is 6.52. The third-order valence-corrected chi connectivity index (χ3v) is 3.35. The summed E-state index contributed by atoms with van der Waals surface area (Å²) in [4.78, 5) is 14.7. The monoisotopic (exact) mass is 287 g/mol. The van der Waals surface area contributed by atoms with E-state index in [4.69, 9.17) is 5.11 Å². The highest BCUT2D eigenvalue weighted by molar-refractivity contribution is 7.87. The van der Waals surface area contributed by atoms with Crippen molar-refractivity contribution in [3.05, 3.63) is 29.6 Å². The van der Waals surface area contributed by atoms with Crippen molar-refractivity contribution in [3.63, 3.8) is 0 Å². The Kier molecular flexibility index (Phi) is 4.61. The van der Waals surface area contributed by atoms with Crippen molar-refractivity contribution >= 4 is 16.2 Å². The van der Waals surface area contributed by atoms with Gasteiger partial charge in [0, 0.05) is 11.7 Å². The van der Waals surface area contributed by atoms with Gasteiger partial charge in [0.2, 0.25) is 0 Å². The van der Waals surface area contributed by atoms with E-state index in [0.29, 0.717) is 5.69 Å². The number of nitrogens with one attached hydrogen (secondary N) is 2. The molecule has 0 atom stereocenters. The molecule has 0 saturated heterocycles. The van der Waals surface area contributed by atoms with Crippen LogP contribution in [0.3, 0.4) is 0 Å². The molecule has 1 aromatic rings. The van der Waals surface area contributed by atoms with Crippen molar-refractivity contribution < 1.29 is 18.3 Å². The van der Waals surface area contributed by atoms with Crippen LogP contribution in [0.1, 0.15) is 36.8 Å². The quantitative estimate of drug-likeness (QED) is 0.731. The predicted molar refractivity (Wildman–Crippen MR) is 69.8 cm³/mol. The molecule has 0 spiro atoms. The molecule has 0 saturated carbocycles. The lowest BCUT2D eigenvalue weighted by atomic mass is 10.1. The van der Waals surface area contributed by atoms with Gasteiger partial charge in [-0.05, 0) is 32.9 Å². The Labute approximate surface area is 112 Å². The molecule has 1 heterocycles. The first-order chi connectivity index (χ1) is 8.59. The molecule has 1 aromatic heterocycles. The molecule has 7 nitrogen and oxygen atoms in total. The lowest BCUT2D eigenvalue weighted by Crippen LogP contribution is -2.46. The fourth-order valence-electron chi connectivity index (χ4n) is 1.32. The summed E-state index contributed by atoms with van der Waals surface area (Å²) in [5, 5.41) is 8.81. The van der Waals surface area contributed by atoms with E-state index in [9.17, 15) is 13.2 Å². The van der Waals surface area contributed by atoms with E-state index in [0.717, 1.165) is 0 Å². The van der Waals surface area contributed by atoms with Crippen molar-refractivity contribution in [2.24, 2.45) is 0 Å². The summed E-state index contributed by atoms with van der Waals surface area (Å²) in [7, 11) is -3.66. The number of nitrogens with zero attached hydrogens (tertiary/aromatic N) is 1. The van der Waals surface area contributed by atoms with Gasteiger partial charge in [-0.3, -0.25) is 4.98 Å². The van der Waals surface area contributed by atoms with Crippen LogP contribution in [0.25, 0.3) is 0 Å². The Bertz CT molecular complexity index is 564. The molecule has 0 aliphatic rings. The Morgan fingerprint density at radius 1 is 1.42 bits per heavy atom. The van der Waals surface area contributed by atoms with Crippen LogP contribution >= 0.6 is 0 Å². The van der Waals surface area contributed by atoms with Gasteiger partial charge in [-0.25, -0.2) is 4.79 Å². The van der Waals surface area contributed by atoms with Crippen LogP contribution in [0.4, 0.5) is 0 Å². The van der Waals surface area contributed by atoms with Gasteiger partial charge in [-0.2, -0.15) is 17.9 Å². The van der Waals surface area contributed by atoms with Crippen molar-refractivity contribution in [2.75, 3.05) is 0 Å². The zero-order chi connectivity index (χ0) is 14.7. The normalized spacial score (nSPS) is 12.4. The Morgan fingerprint density at radius 3 is 2.58 bits per heavy atom. The van der Waals surface area contributed by atoms with Crippen LogP contribution in [0.5, 0.6) is 0 Å². The number of carbonyl (C=O) groups is 1. The van der Waals surface area contributed by atoms with Crippen molar-refractivity contribution in [1.82, 2.24) is 14.4 Å². The van der Waals surface area contributed by atoms with Crippen LogP contribution in [0, 0.1) is 0 Å². The molecule has 0 unspecified atom stereocenters. The third kappa shape index (κ3) is 5.77. The number of carboxylic acid groups (broad SMARTS) is 1. The maximum Gasteiger partial charge on any atom is 0.335 e. The van der Waals surface area contributed by atoms with E-state index in [1.54, 1.807) is 20.8 Å². The van der Waals surface area contributed by atoms with Gasteiger partial charge in [-0.1, -0.05) is 0 Å². The second kappa shape index (κ2) is 5.64. The summed E-state index contributed by atoms with van der Waals surface area (Å²) in [5.41, 5.74) is -0.200. The molecule has 0 aromatic carbocycles. The van der Waals surface area contributed by atoms with E-state index in [1.807, 2.05) is 0 Å². The highest BCUT2D eigenvalue weighted by Gasteiger charge is 2.19. The average molecular weight is 287 g/mol. The second-order valence-electron chi connectivity index (χ2n) is 5.02. The molecule has 19 heavy (non-hydrogen) atoms. The number of carboxylic acids is 1. The van der Waals surface area contributed by atoms with Gasteiger partial charge >= 0.3 is 5.97 Å². The summed E-state index contributed by atoms with van der Waals surface area (Å²) in [6.45, 7) is 5.08. The summed E-state index contributed by atoms with van der Waals surface area (Å²) in [6.07, 6.45) is 1.32. The van der Waals surface area contributed by atoms with E-state index in [2.05, 4.69) is 14.4 Å². The molecule has 0 amide bonds. The number of aromatic carboxylic acids is 1. The molecule has 0 aliphatic carbocycles. The van der Waals surface area contributed by atoms with Crippen molar-refractivity contribution in [3.8, 4) is 0 Å². The Balaban J connectivity index is 2.72. The first-order valence-corrected chi connectivity index (χ1v) is 7.04. The predicted octanol–water partition coefficient (Wildman–Crippen LogP) is 0.502. The summed E-state index contributed by atoms with van der Waals surface area (Å²) in [6, 6.07) is 2.66. The SMILES string of the molecule is CC(C)(C)NS(=O)(=O)NCc1cc(C(=O)O)ccn1. The fraction of sp³-hybridized carbons (Fsp3) is 0.455. The number of pyridine rings is 1. The maximum atomic E-state index is 11.7. The number of hydrogen-bond donors (Lipinski definition) is 3. The minimum absolute atomic E-state index is 0.0629. The smallest absolute Gasteiger partial charge is 0.335 e. The van der Waals surface area contributed by atoms with Crippen molar-refractivity contribution in [1.29, 1.82) is 0 Å². The highest BCUT2D eigenvalue weighted by atomic mass is 32.2. The number of aromatic nitrogens is 1. The molecule has 1 rings (SSSR count). The van der Waals surface area contributed by atoms with Crippen LogP contribution in [0.15, 0.2) is 18.3 Å². The molecule has 3 N–H and O–H groups in total. The summed E-state index contributed by atoms with van der Waals surface area (Å²) < 4.78 is 28.1. The molecule has 8 heteroatoms. The van der Waals surface area contributed by atoms with Crippen LogP contribution < -0.4 is 9.44 Å². The first kappa shape index (κ1) is 15.5. The molecule has 106 valence electrons. The standard InChI is InChI=1S/C11H17N3O4S/c1-11(2,3)14-19(17,18)13-7-9-6-8(10(15)16)4-5-12-9/h4-6,13-14H,7H2,1-3H3,(H,15,16). The van der Waals surface area contributed by atoms with Gasteiger partial charge in [0.15, 0.2) is 0 Å². The molecule has 0 aliphatic heterocycles. The summed E-state index contributed by atoms with van der Waals surface area (Å²) in [5.74, 6) is -1.08. The van der Waals surface area contributed by atoms with Gasteiger partial charge in [0.05, 0.1) is 17.8 Å². The lowest BCUT2D eigenvalue weighted by molar-refractivity contribution is 0.0696. The van der Waals surface area contributed by atoms with Gasteiger partial charge < -0.3 is 5.11 Å². The first-order valence-electron chi connectivity index (χ1n) is 5.56.